The van der Waals surface area contributed by atoms with Crippen LogP contribution in [0.2, 0.25) is 0 Å². The number of thioether (sulfide) groups is 1. The van der Waals surface area contributed by atoms with E-state index in [4.69, 9.17) is 4.74 Å². The molecule has 19 heavy (non-hydrogen) atoms. The SMILES string of the molecule is COc1c(-c2ccccc2)nc2ccc(SC)nn12. The molecule has 0 radical (unpaired) electrons. The van der Waals surface area contributed by atoms with Gasteiger partial charge in [-0.15, -0.1) is 11.8 Å². The molecule has 2 heterocycles. The highest BCUT2D eigenvalue weighted by Gasteiger charge is 2.15. The zero-order chi connectivity index (χ0) is 13.2. The Bertz CT molecular complexity index is 709. The van der Waals surface area contributed by atoms with E-state index in [1.165, 1.54) is 0 Å². The van der Waals surface area contributed by atoms with Gasteiger partial charge in [-0.25, -0.2) is 4.98 Å². The number of rotatable bonds is 3. The number of benzene rings is 1. The van der Waals surface area contributed by atoms with Crippen LogP contribution >= 0.6 is 11.8 Å². The van der Waals surface area contributed by atoms with Crippen LogP contribution in [-0.4, -0.2) is 28.0 Å². The average Bonchev–Trinajstić information content (AvgIpc) is 2.85. The predicted molar refractivity (Wildman–Crippen MR) is 76.8 cm³/mol. The first kappa shape index (κ1) is 12.0. The smallest absolute Gasteiger partial charge is 0.243 e. The number of imidazole rings is 1. The van der Waals surface area contributed by atoms with Crippen molar-refractivity contribution < 1.29 is 4.74 Å². The first-order valence-electron chi connectivity index (χ1n) is 5.86. The molecule has 1 aromatic carbocycles. The Morgan fingerprint density at radius 2 is 1.89 bits per heavy atom. The quantitative estimate of drug-likeness (QED) is 0.686. The normalized spacial score (nSPS) is 10.8. The number of aromatic nitrogens is 3. The van der Waals surface area contributed by atoms with E-state index in [9.17, 15) is 0 Å². The molecule has 96 valence electrons. The molecule has 0 amide bonds. The monoisotopic (exact) mass is 271 g/mol. The predicted octanol–water partition coefficient (Wildman–Crippen LogP) is 3.13. The second kappa shape index (κ2) is 4.93. The summed E-state index contributed by atoms with van der Waals surface area (Å²) in [6, 6.07) is 13.9. The standard InChI is InChI=1S/C14H13N3OS/c1-18-14-13(10-6-4-3-5-7-10)15-11-8-9-12(19-2)16-17(11)14/h3-9H,1-2H3. The van der Waals surface area contributed by atoms with E-state index < -0.39 is 0 Å². The third-order valence-electron chi connectivity index (χ3n) is 2.86. The second-order valence-corrected chi connectivity index (χ2v) is 4.81. The fraction of sp³-hybridized carbons (Fsp3) is 0.143. The lowest BCUT2D eigenvalue weighted by Gasteiger charge is -2.03. The highest BCUT2D eigenvalue weighted by molar-refractivity contribution is 7.98. The lowest BCUT2D eigenvalue weighted by molar-refractivity contribution is 0.387. The van der Waals surface area contributed by atoms with Gasteiger partial charge in [-0.2, -0.15) is 9.61 Å². The largest absolute Gasteiger partial charge is 0.479 e. The van der Waals surface area contributed by atoms with Crippen molar-refractivity contribution in [2.45, 2.75) is 5.03 Å². The van der Waals surface area contributed by atoms with Gasteiger partial charge in [-0.3, -0.25) is 0 Å². The Hall–Kier alpha value is -2.01. The molecule has 0 atom stereocenters. The molecule has 0 saturated carbocycles. The van der Waals surface area contributed by atoms with Crippen LogP contribution < -0.4 is 4.74 Å². The van der Waals surface area contributed by atoms with Crippen LogP contribution in [0.5, 0.6) is 5.88 Å². The van der Waals surface area contributed by atoms with Crippen LogP contribution in [-0.2, 0) is 0 Å². The second-order valence-electron chi connectivity index (χ2n) is 3.98. The molecule has 0 aliphatic rings. The summed E-state index contributed by atoms with van der Waals surface area (Å²) < 4.78 is 7.23. The number of fused-ring (bicyclic) bond motifs is 1. The molecule has 2 aromatic heterocycles. The number of ether oxygens (including phenoxy) is 1. The maximum absolute atomic E-state index is 5.48. The highest BCUT2D eigenvalue weighted by atomic mass is 32.2. The fourth-order valence-electron chi connectivity index (χ4n) is 1.97. The van der Waals surface area contributed by atoms with Gasteiger partial charge >= 0.3 is 0 Å². The lowest BCUT2D eigenvalue weighted by atomic mass is 10.2. The minimum atomic E-state index is 0.664. The summed E-state index contributed by atoms with van der Waals surface area (Å²) in [4.78, 5) is 4.60. The van der Waals surface area contributed by atoms with Gasteiger partial charge in [0.05, 0.1) is 7.11 Å². The first-order valence-corrected chi connectivity index (χ1v) is 7.09. The van der Waals surface area contributed by atoms with Crippen LogP contribution in [0.1, 0.15) is 0 Å². The van der Waals surface area contributed by atoms with Crippen molar-refractivity contribution in [3.05, 3.63) is 42.5 Å². The molecule has 0 unspecified atom stereocenters. The molecular formula is C14H13N3OS. The van der Waals surface area contributed by atoms with Gasteiger partial charge in [0.1, 0.15) is 10.7 Å². The van der Waals surface area contributed by atoms with Crippen LogP contribution in [0.3, 0.4) is 0 Å². The van der Waals surface area contributed by atoms with Gasteiger partial charge in [0.2, 0.25) is 5.88 Å². The summed E-state index contributed by atoms with van der Waals surface area (Å²) in [6.45, 7) is 0. The summed E-state index contributed by atoms with van der Waals surface area (Å²) in [6.07, 6.45) is 2.00. The molecule has 0 saturated heterocycles. The molecule has 0 spiro atoms. The maximum atomic E-state index is 5.48. The first-order chi connectivity index (χ1) is 9.33. The average molecular weight is 271 g/mol. The van der Waals surface area contributed by atoms with Crippen molar-refractivity contribution >= 4 is 17.4 Å². The zero-order valence-electron chi connectivity index (χ0n) is 10.7. The number of nitrogens with zero attached hydrogens (tertiary/aromatic N) is 3. The molecule has 0 aliphatic carbocycles. The lowest BCUT2D eigenvalue weighted by Crippen LogP contribution is -1.96. The van der Waals surface area contributed by atoms with Gasteiger partial charge in [0, 0.05) is 5.56 Å². The third-order valence-corrected chi connectivity index (χ3v) is 3.50. The molecule has 3 aromatic rings. The Kier molecular flexibility index (Phi) is 3.13. The van der Waals surface area contributed by atoms with Crippen LogP contribution in [0.4, 0.5) is 0 Å². The van der Waals surface area contributed by atoms with E-state index >= 15 is 0 Å². The van der Waals surface area contributed by atoms with E-state index in [-0.39, 0.29) is 0 Å². The Balaban J connectivity index is 2.26. The van der Waals surface area contributed by atoms with E-state index in [0.717, 1.165) is 21.9 Å². The summed E-state index contributed by atoms with van der Waals surface area (Å²) in [5, 5.41) is 5.44. The molecule has 0 bridgehead atoms. The van der Waals surface area contributed by atoms with Crippen LogP contribution in [0.15, 0.2) is 47.5 Å². The van der Waals surface area contributed by atoms with E-state index in [2.05, 4.69) is 10.1 Å². The van der Waals surface area contributed by atoms with Gasteiger partial charge in [-0.1, -0.05) is 30.3 Å². The van der Waals surface area contributed by atoms with E-state index in [1.807, 2.05) is 48.7 Å². The zero-order valence-corrected chi connectivity index (χ0v) is 11.5. The maximum Gasteiger partial charge on any atom is 0.243 e. The van der Waals surface area contributed by atoms with Crippen molar-refractivity contribution in [3.63, 3.8) is 0 Å². The molecule has 0 fully saturated rings. The van der Waals surface area contributed by atoms with Crippen molar-refractivity contribution in [3.8, 4) is 17.1 Å². The minimum absolute atomic E-state index is 0.664. The number of hydrogen-bond donors (Lipinski definition) is 0. The summed E-state index contributed by atoms with van der Waals surface area (Å²) >= 11 is 1.59. The highest BCUT2D eigenvalue weighted by Crippen LogP contribution is 2.30. The summed E-state index contributed by atoms with van der Waals surface area (Å²) in [5.74, 6) is 0.664. The third kappa shape index (κ3) is 2.06. The molecule has 5 heteroatoms. The molecular weight excluding hydrogens is 258 g/mol. The molecule has 0 N–H and O–H groups in total. The minimum Gasteiger partial charge on any atom is -0.479 e. The van der Waals surface area contributed by atoms with Crippen molar-refractivity contribution in [2.24, 2.45) is 0 Å². The molecule has 4 nitrogen and oxygen atoms in total. The Morgan fingerprint density at radius 3 is 2.58 bits per heavy atom. The van der Waals surface area contributed by atoms with E-state index in [0.29, 0.717) is 5.88 Å². The summed E-state index contributed by atoms with van der Waals surface area (Å²) in [5.41, 5.74) is 2.62. The van der Waals surface area contributed by atoms with Crippen LogP contribution in [0.25, 0.3) is 16.9 Å². The Morgan fingerprint density at radius 1 is 1.11 bits per heavy atom. The van der Waals surface area contributed by atoms with E-state index in [1.54, 1.807) is 23.4 Å². The van der Waals surface area contributed by atoms with Crippen LogP contribution in [0, 0.1) is 0 Å². The summed E-state index contributed by atoms with van der Waals surface area (Å²) in [7, 11) is 1.64. The van der Waals surface area contributed by atoms with Gasteiger partial charge in [0.25, 0.3) is 0 Å². The van der Waals surface area contributed by atoms with Gasteiger partial charge in [0.15, 0.2) is 5.65 Å². The van der Waals surface area contributed by atoms with Crippen molar-refractivity contribution in [2.75, 3.05) is 13.4 Å². The topological polar surface area (TPSA) is 39.4 Å². The van der Waals surface area contributed by atoms with Crippen molar-refractivity contribution in [1.82, 2.24) is 14.6 Å². The Labute approximate surface area is 115 Å². The molecule has 0 aliphatic heterocycles. The molecule has 3 rings (SSSR count). The number of methoxy groups -OCH3 is 1. The van der Waals surface area contributed by atoms with Crippen molar-refractivity contribution in [1.29, 1.82) is 0 Å². The number of hydrogen-bond acceptors (Lipinski definition) is 4. The fourth-order valence-corrected chi connectivity index (χ4v) is 2.34. The van der Waals surface area contributed by atoms with Gasteiger partial charge < -0.3 is 4.74 Å². The van der Waals surface area contributed by atoms with Gasteiger partial charge in [-0.05, 0) is 18.4 Å².